The summed E-state index contributed by atoms with van der Waals surface area (Å²) in [6.45, 7) is 9.77. The molecule has 1 amide bonds. The van der Waals surface area contributed by atoms with Gasteiger partial charge in [0.15, 0.2) is 0 Å². The number of rotatable bonds is 6. The van der Waals surface area contributed by atoms with E-state index < -0.39 is 0 Å². The Hall–Kier alpha value is -1.35. The van der Waals surface area contributed by atoms with E-state index in [0.717, 1.165) is 24.0 Å². The number of amides is 1. The maximum atomic E-state index is 12.1. The number of benzene rings is 1. The van der Waals surface area contributed by atoms with Gasteiger partial charge in [-0.25, -0.2) is 0 Å². The second kappa shape index (κ2) is 6.71. The molecular weight excluding hydrogens is 236 g/mol. The van der Waals surface area contributed by atoms with E-state index in [1.807, 2.05) is 32.0 Å². The first-order chi connectivity index (χ1) is 8.85. The molecular formula is C16H26N2O. The third-order valence-corrected chi connectivity index (χ3v) is 3.55. The van der Waals surface area contributed by atoms with Crippen molar-refractivity contribution in [3.8, 4) is 0 Å². The second-order valence-electron chi connectivity index (χ2n) is 6.04. The van der Waals surface area contributed by atoms with Crippen LogP contribution in [0, 0.1) is 19.3 Å². The zero-order valence-corrected chi connectivity index (χ0v) is 12.5. The lowest BCUT2D eigenvalue weighted by Crippen LogP contribution is -2.34. The van der Waals surface area contributed by atoms with Crippen LogP contribution in [0.3, 0.4) is 0 Å². The highest BCUT2D eigenvalue weighted by molar-refractivity contribution is 5.94. The van der Waals surface area contributed by atoms with Gasteiger partial charge in [0.25, 0.3) is 5.91 Å². The van der Waals surface area contributed by atoms with Crippen molar-refractivity contribution in [1.82, 2.24) is 5.32 Å². The van der Waals surface area contributed by atoms with Gasteiger partial charge in [0.05, 0.1) is 0 Å². The van der Waals surface area contributed by atoms with E-state index in [0.29, 0.717) is 13.1 Å². The topological polar surface area (TPSA) is 55.1 Å². The number of hydrogen-bond acceptors (Lipinski definition) is 2. The summed E-state index contributed by atoms with van der Waals surface area (Å²) in [5.74, 6) is 0.00363. The van der Waals surface area contributed by atoms with Crippen LogP contribution in [-0.4, -0.2) is 19.0 Å². The summed E-state index contributed by atoms with van der Waals surface area (Å²) >= 11 is 0. The van der Waals surface area contributed by atoms with Crippen LogP contribution in [0.5, 0.6) is 0 Å². The van der Waals surface area contributed by atoms with Gasteiger partial charge >= 0.3 is 0 Å². The highest BCUT2D eigenvalue weighted by atomic mass is 16.1. The van der Waals surface area contributed by atoms with Crippen LogP contribution in [0.15, 0.2) is 18.2 Å². The molecule has 0 saturated carbocycles. The molecule has 0 fully saturated rings. The standard InChI is InChI=1S/C16H26N2O/c1-12-6-7-14(10-13(12)2)15(19)18-11-16(3,4)8-5-9-17/h6-7,10H,5,8-9,11,17H2,1-4H3,(H,18,19). The van der Waals surface area contributed by atoms with Crippen LogP contribution in [0.25, 0.3) is 0 Å². The number of nitrogens with one attached hydrogen (secondary N) is 1. The third kappa shape index (κ3) is 5.03. The zero-order valence-electron chi connectivity index (χ0n) is 12.5. The van der Waals surface area contributed by atoms with Crippen LogP contribution in [0.2, 0.25) is 0 Å². The Kier molecular flexibility index (Phi) is 5.55. The molecule has 3 heteroatoms. The van der Waals surface area contributed by atoms with Crippen molar-refractivity contribution in [3.05, 3.63) is 34.9 Å². The molecule has 0 spiro atoms. The van der Waals surface area contributed by atoms with Crippen molar-refractivity contribution >= 4 is 5.91 Å². The molecule has 0 atom stereocenters. The minimum Gasteiger partial charge on any atom is -0.352 e. The van der Waals surface area contributed by atoms with Crippen molar-refractivity contribution in [3.63, 3.8) is 0 Å². The lowest BCUT2D eigenvalue weighted by molar-refractivity contribution is 0.0934. The molecule has 0 bridgehead atoms. The predicted molar refractivity (Wildman–Crippen MR) is 80.3 cm³/mol. The predicted octanol–water partition coefficient (Wildman–Crippen LogP) is 2.80. The molecule has 3 nitrogen and oxygen atoms in total. The summed E-state index contributed by atoms with van der Waals surface area (Å²) in [4.78, 5) is 12.1. The molecule has 19 heavy (non-hydrogen) atoms. The van der Waals surface area contributed by atoms with Gasteiger partial charge in [-0.1, -0.05) is 19.9 Å². The molecule has 1 aromatic carbocycles. The fourth-order valence-corrected chi connectivity index (χ4v) is 1.97. The first kappa shape index (κ1) is 15.7. The van der Waals surface area contributed by atoms with E-state index in [9.17, 15) is 4.79 Å². The zero-order chi connectivity index (χ0) is 14.5. The summed E-state index contributed by atoms with van der Waals surface area (Å²) in [5, 5.41) is 3.02. The molecule has 0 aliphatic heterocycles. The number of carbonyl (C=O) groups excluding carboxylic acids is 1. The molecule has 1 rings (SSSR count). The van der Waals surface area contributed by atoms with Crippen molar-refractivity contribution in [1.29, 1.82) is 0 Å². The summed E-state index contributed by atoms with van der Waals surface area (Å²) < 4.78 is 0. The van der Waals surface area contributed by atoms with E-state index in [1.165, 1.54) is 5.56 Å². The normalized spacial score (nSPS) is 11.4. The van der Waals surface area contributed by atoms with Gasteiger partial charge in [0, 0.05) is 12.1 Å². The van der Waals surface area contributed by atoms with Gasteiger partial charge in [0.1, 0.15) is 0 Å². The van der Waals surface area contributed by atoms with E-state index in [4.69, 9.17) is 5.73 Å². The number of nitrogens with two attached hydrogens (primary N) is 1. The molecule has 0 heterocycles. The molecule has 3 N–H and O–H groups in total. The molecule has 0 aliphatic carbocycles. The first-order valence-corrected chi connectivity index (χ1v) is 6.91. The Labute approximate surface area is 116 Å². The monoisotopic (exact) mass is 262 g/mol. The fraction of sp³-hybridized carbons (Fsp3) is 0.562. The molecule has 1 aromatic rings. The maximum absolute atomic E-state index is 12.1. The van der Waals surface area contributed by atoms with Gasteiger partial charge in [-0.3, -0.25) is 4.79 Å². The fourth-order valence-electron chi connectivity index (χ4n) is 1.97. The van der Waals surface area contributed by atoms with Crippen LogP contribution in [0.1, 0.15) is 48.2 Å². The molecule has 0 aliphatic rings. The second-order valence-corrected chi connectivity index (χ2v) is 6.04. The van der Waals surface area contributed by atoms with Crippen molar-refractivity contribution in [2.45, 2.75) is 40.5 Å². The molecule has 0 unspecified atom stereocenters. The lowest BCUT2D eigenvalue weighted by Gasteiger charge is -2.24. The van der Waals surface area contributed by atoms with Crippen molar-refractivity contribution < 1.29 is 4.79 Å². The average molecular weight is 262 g/mol. The highest BCUT2D eigenvalue weighted by Gasteiger charge is 2.18. The van der Waals surface area contributed by atoms with Gasteiger partial charge in [0.2, 0.25) is 0 Å². The van der Waals surface area contributed by atoms with Crippen LogP contribution in [0.4, 0.5) is 0 Å². The Morgan fingerprint density at radius 3 is 2.53 bits per heavy atom. The maximum Gasteiger partial charge on any atom is 0.251 e. The van der Waals surface area contributed by atoms with Gasteiger partial charge in [-0.05, 0) is 61.9 Å². The van der Waals surface area contributed by atoms with Gasteiger partial charge in [-0.2, -0.15) is 0 Å². The number of hydrogen-bond donors (Lipinski definition) is 2. The largest absolute Gasteiger partial charge is 0.352 e. The molecule has 0 radical (unpaired) electrons. The average Bonchev–Trinajstić information content (AvgIpc) is 2.37. The van der Waals surface area contributed by atoms with E-state index in [-0.39, 0.29) is 11.3 Å². The van der Waals surface area contributed by atoms with E-state index >= 15 is 0 Å². The molecule has 106 valence electrons. The smallest absolute Gasteiger partial charge is 0.251 e. The summed E-state index contributed by atoms with van der Waals surface area (Å²) in [6.07, 6.45) is 2.02. The lowest BCUT2D eigenvalue weighted by atomic mass is 9.87. The first-order valence-electron chi connectivity index (χ1n) is 6.91. The molecule has 0 aromatic heterocycles. The SMILES string of the molecule is Cc1ccc(C(=O)NCC(C)(C)CCCN)cc1C. The quantitative estimate of drug-likeness (QED) is 0.828. The number of aryl methyl sites for hydroxylation is 2. The van der Waals surface area contributed by atoms with Crippen LogP contribution in [-0.2, 0) is 0 Å². The Morgan fingerprint density at radius 1 is 1.26 bits per heavy atom. The van der Waals surface area contributed by atoms with Gasteiger partial charge in [-0.15, -0.1) is 0 Å². The Morgan fingerprint density at radius 2 is 1.95 bits per heavy atom. The highest BCUT2D eigenvalue weighted by Crippen LogP contribution is 2.20. The Bertz CT molecular complexity index is 438. The van der Waals surface area contributed by atoms with Crippen molar-refractivity contribution in [2.75, 3.05) is 13.1 Å². The van der Waals surface area contributed by atoms with Crippen LogP contribution >= 0.6 is 0 Å². The third-order valence-electron chi connectivity index (χ3n) is 3.55. The summed E-state index contributed by atoms with van der Waals surface area (Å²) in [6, 6.07) is 5.81. The minimum atomic E-state index is 0.00363. The summed E-state index contributed by atoms with van der Waals surface area (Å²) in [7, 11) is 0. The number of carbonyl (C=O) groups is 1. The van der Waals surface area contributed by atoms with Gasteiger partial charge < -0.3 is 11.1 Å². The Balaban J connectivity index is 2.57. The van der Waals surface area contributed by atoms with Crippen molar-refractivity contribution in [2.24, 2.45) is 11.1 Å². The van der Waals surface area contributed by atoms with E-state index in [2.05, 4.69) is 19.2 Å². The van der Waals surface area contributed by atoms with E-state index in [1.54, 1.807) is 0 Å². The summed E-state index contributed by atoms with van der Waals surface area (Å²) in [5.41, 5.74) is 8.71. The van der Waals surface area contributed by atoms with Crippen LogP contribution < -0.4 is 11.1 Å². The minimum absolute atomic E-state index is 0.00363. The molecule has 0 saturated heterocycles.